The van der Waals surface area contributed by atoms with Crippen molar-refractivity contribution in [3.63, 3.8) is 0 Å². The van der Waals surface area contributed by atoms with Crippen LogP contribution in [0.5, 0.6) is 5.88 Å². The van der Waals surface area contributed by atoms with Crippen LogP contribution in [0.2, 0.25) is 0 Å². The van der Waals surface area contributed by atoms with Gasteiger partial charge in [0.15, 0.2) is 5.96 Å². The fourth-order valence-electron chi connectivity index (χ4n) is 2.00. The molecule has 0 saturated carbocycles. The molecule has 26 heavy (non-hydrogen) atoms. The van der Waals surface area contributed by atoms with Crippen molar-refractivity contribution in [3.8, 4) is 5.88 Å². The first-order chi connectivity index (χ1) is 12.4. The van der Waals surface area contributed by atoms with E-state index in [4.69, 9.17) is 4.74 Å². The summed E-state index contributed by atoms with van der Waals surface area (Å²) in [7, 11) is 0. The molecule has 0 aromatic carbocycles. The zero-order valence-corrected chi connectivity index (χ0v) is 15.2. The third kappa shape index (κ3) is 6.17. The number of hydrogen-bond acceptors (Lipinski definition) is 5. The first-order valence-electron chi connectivity index (χ1n) is 7.98. The zero-order chi connectivity index (χ0) is 19.0. The smallest absolute Gasteiger partial charge is 0.421 e. The van der Waals surface area contributed by atoms with Crippen LogP contribution in [0.4, 0.5) is 13.2 Å². The molecule has 0 fully saturated rings. The van der Waals surface area contributed by atoms with E-state index in [-0.39, 0.29) is 13.2 Å². The lowest BCUT2D eigenvalue weighted by Gasteiger charge is -2.14. The molecule has 0 spiro atoms. The Morgan fingerprint density at radius 2 is 2.12 bits per heavy atom. The van der Waals surface area contributed by atoms with Gasteiger partial charge in [-0.05, 0) is 26.0 Å². The maximum absolute atomic E-state index is 12.9. The number of hydrogen-bond donors (Lipinski definition) is 2. The van der Waals surface area contributed by atoms with Gasteiger partial charge in [0, 0.05) is 23.8 Å². The molecule has 2 heterocycles. The van der Waals surface area contributed by atoms with Crippen LogP contribution in [0.15, 0.2) is 29.5 Å². The number of alkyl halides is 3. The maximum Gasteiger partial charge on any atom is 0.421 e. The highest BCUT2D eigenvalue weighted by atomic mass is 32.1. The molecule has 10 heteroatoms. The zero-order valence-electron chi connectivity index (χ0n) is 14.4. The van der Waals surface area contributed by atoms with Gasteiger partial charge in [-0.3, -0.25) is 0 Å². The van der Waals surface area contributed by atoms with E-state index in [1.807, 2.05) is 13.8 Å². The van der Waals surface area contributed by atoms with Crippen LogP contribution in [0.25, 0.3) is 0 Å². The third-order valence-corrected chi connectivity index (χ3v) is 3.99. The highest BCUT2D eigenvalue weighted by Gasteiger charge is 2.34. The summed E-state index contributed by atoms with van der Waals surface area (Å²) in [5.41, 5.74) is -0.889. The molecule has 0 aliphatic rings. The van der Waals surface area contributed by atoms with Crippen molar-refractivity contribution in [1.82, 2.24) is 20.6 Å². The van der Waals surface area contributed by atoms with Crippen LogP contribution in [-0.2, 0) is 12.7 Å². The Bertz CT molecular complexity index is 733. The number of nitrogens with zero attached hydrogens (tertiary/aromatic N) is 3. The van der Waals surface area contributed by atoms with Gasteiger partial charge < -0.3 is 15.4 Å². The SMILES string of the molecule is CCNC(=NCc1ncc(C)s1)NCCOc1ncccc1C(F)(F)F. The minimum atomic E-state index is -4.50. The summed E-state index contributed by atoms with van der Waals surface area (Å²) in [4.78, 5) is 13.4. The minimum absolute atomic E-state index is 0.0147. The number of ether oxygens (including phenoxy) is 1. The van der Waals surface area contributed by atoms with Crippen molar-refractivity contribution in [2.75, 3.05) is 19.7 Å². The number of rotatable bonds is 7. The number of thiazole rings is 1. The van der Waals surface area contributed by atoms with Gasteiger partial charge in [-0.25, -0.2) is 15.0 Å². The summed E-state index contributed by atoms with van der Waals surface area (Å²) in [6, 6.07) is 2.17. The van der Waals surface area contributed by atoms with E-state index in [2.05, 4.69) is 25.6 Å². The molecule has 0 aliphatic heterocycles. The Kier molecular flexibility index (Phi) is 7.19. The molecule has 0 radical (unpaired) electrons. The Hall–Kier alpha value is -2.36. The van der Waals surface area contributed by atoms with E-state index in [0.717, 1.165) is 16.0 Å². The fourth-order valence-corrected chi connectivity index (χ4v) is 2.71. The summed E-state index contributed by atoms with van der Waals surface area (Å²) >= 11 is 1.56. The van der Waals surface area contributed by atoms with Crippen molar-refractivity contribution in [1.29, 1.82) is 0 Å². The molecule has 2 aromatic heterocycles. The van der Waals surface area contributed by atoms with Crippen LogP contribution >= 0.6 is 11.3 Å². The average Bonchev–Trinajstić information content (AvgIpc) is 3.01. The molecule has 2 rings (SSSR count). The molecule has 2 N–H and O–H groups in total. The quantitative estimate of drug-likeness (QED) is 0.434. The second-order valence-corrected chi connectivity index (χ2v) is 6.51. The summed E-state index contributed by atoms with van der Waals surface area (Å²) < 4.78 is 43.8. The standard InChI is InChI=1S/C16H20F3N5OS/c1-3-20-15(24-10-13-23-9-11(2)26-13)22-7-8-25-14-12(16(17,18)19)5-4-6-21-14/h4-6,9H,3,7-8,10H2,1-2H3,(H2,20,22,24). The highest BCUT2D eigenvalue weighted by molar-refractivity contribution is 7.11. The van der Waals surface area contributed by atoms with Gasteiger partial charge in [0.1, 0.15) is 17.2 Å². The average molecular weight is 387 g/mol. The van der Waals surface area contributed by atoms with Crippen LogP contribution < -0.4 is 15.4 Å². The Morgan fingerprint density at radius 3 is 2.77 bits per heavy atom. The molecule has 0 atom stereocenters. The topological polar surface area (TPSA) is 71.4 Å². The Balaban J connectivity index is 1.86. The number of aliphatic imine (C=N–C) groups is 1. The predicted octanol–water partition coefficient (Wildman–Crippen LogP) is 3.00. The third-order valence-electron chi connectivity index (χ3n) is 3.10. The highest BCUT2D eigenvalue weighted by Crippen LogP contribution is 2.34. The monoisotopic (exact) mass is 387 g/mol. The second-order valence-electron chi connectivity index (χ2n) is 5.19. The normalized spacial score (nSPS) is 12.1. The number of aryl methyl sites for hydroxylation is 1. The molecule has 0 bridgehead atoms. The summed E-state index contributed by atoms with van der Waals surface area (Å²) in [6.07, 6.45) is -1.45. The van der Waals surface area contributed by atoms with Crippen molar-refractivity contribution in [3.05, 3.63) is 40.0 Å². The molecule has 6 nitrogen and oxygen atoms in total. The van der Waals surface area contributed by atoms with E-state index < -0.39 is 17.6 Å². The van der Waals surface area contributed by atoms with E-state index in [1.54, 1.807) is 17.5 Å². The number of pyridine rings is 1. The number of halogens is 3. The first kappa shape index (κ1) is 20.0. The fraction of sp³-hybridized carbons (Fsp3) is 0.438. The number of nitrogens with one attached hydrogen (secondary N) is 2. The van der Waals surface area contributed by atoms with Gasteiger partial charge in [0.2, 0.25) is 5.88 Å². The summed E-state index contributed by atoms with van der Waals surface area (Å²) in [5, 5.41) is 6.95. The Labute approximate surface area is 153 Å². The van der Waals surface area contributed by atoms with E-state index in [0.29, 0.717) is 19.0 Å². The van der Waals surface area contributed by atoms with Crippen molar-refractivity contribution >= 4 is 17.3 Å². The second kappa shape index (κ2) is 9.37. The van der Waals surface area contributed by atoms with E-state index >= 15 is 0 Å². The molecular formula is C16H20F3N5OS. The van der Waals surface area contributed by atoms with Crippen LogP contribution in [-0.4, -0.2) is 35.6 Å². The van der Waals surface area contributed by atoms with Gasteiger partial charge in [0.05, 0.1) is 13.1 Å². The van der Waals surface area contributed by atoms with E-state index in [1.165, 1.54) is 12.3 Å². The predicted molar refractivity (Wildman–Crippen MR) is 94.4 cm³/mol. The lowest BCUT2D eigenvalue weighted by atomic mass is 10.2. The van der Waals surface area contributed by atoms with Crippen LogP contribution in [0, 0.1) is 6.92 Å². The molecular weight excluding hydrogens is 367 g/mol. The molecule has 0 saturated heterocycles. The molecule has 0 unspecified atom stereocenters. The van der Waals surface area contributed by atoms with Gasteiger partial charge in [0.25, 0.3) is 0 Å². The van der Waals surface area contributed by atoms with Crippen molar-refractivity contribution < 1.29 is 17.9 Å². The molecule has 0 amide bonds. The number of guanidine groups is 1. The Morgan fingerprint density at radius 1 is 1.31 bits per heavy atom. The maximum atomic E-state index is 12.9. The van der Waals surface area contributed by atoms with E-state index in [9.17, 15) is 13.2 Å². The molecule has 142 valence electrons. The van der Waals surface area contributed by atoms with Gasteiger partial charge >= 0.3 is 6.18 Å². The van der Waals surface area contributed by atoms with Crippen molar-refractivity contribution in [2.24, 2.45) is 4.99 Å². The van der Waals surface area contributed by atoms with Gasteiger partial charge in [-0.1, -0.05) is 0 Å². The lowest BCUT2D eigenvalue weighted by molar-refractivity contribution is -0.139. The van der Waals surface area contributed by atoms with Crippen LogP contribution in [0.1, 0.15) is 22.4 Å². The number of aromatic nitrogens is 2. The van der Waals surface area contributed by atoms with Gasteiger partial charge in [-0.2, -0.15) is 13.2 Å². The first-order valence-corrected chi connectivity index (χ1v) is 8.80. The van der Waals surface area contributed by atoms with Crippen LogP contribution in [0.3, 0.4) is 0 Å². The lowest BCUT2D eigenvalue weighted by Crippen LogP contribution is -2.39. The molecule has 2 aromatic rings. The van der Waals surface area contributed by atoms with Gasteiger partial charge in [-0.15, -0.1) is 11.3 Å². The molecule has 0 aliphatic carbocycles. The van der Waals surface area contributed by atoms with Crippen molar-refractivity contribution in [2.45, 2.75) is 26.6 Å². The summed E-state index contributed by atoms with van der Waals surface area (Å²) in [6.45, 7) is 5.26. The largest absolute Gasteiger partial charge is 0.475 e. The minimum Gasteiger partial charge on any atom is -0.475 e. The summed E-state index contributed by atoms with van der Waals surface area (Å²) in [5.74, 6) is 0.114.